The zero-order valence-electron chi connectivity index (χ0n) is 9.92. The average Bonchev–Trinajstić information content (AvgIpc) is 2.28. The molecule has 0 saturated heterocycles. The summed E-state index contributed by atoms with van der Waals surface area (Å²) in [5, 5.41) is 22.8. The number of carboxylic acids is 1. The fourth-order valence-corrected chi connectivity index (χ4v) is 1.58. The first-order valence-electron chi connectivity index (χ1n) is 5.35. The minimum absolute atomic E-state index is 0.0318. The number of rotatable bonds is 6. The second kappa shape index (κ2) is 5.81. The monoisotopic (exact) mass is 250 g/mol. The van der Waals surface area contributed by atoms with Gasteiger partial charge in [-0.3, -0.25) is 10.1 Å². The number of para-hydroxylation sites is 1. The van der Waals surface area contributed by atoms with Crippen molar-refractivity contribution >= 4 is 17.3 Å². The van der Waals surface area contributed by atoms with E-state index in [1.807, 2.05) is 0 Å². The molecule has 0 aliphatic carbocycles. The molecule has 1 rings (SSSR count). The van der Waals surface area contributed by atoms with E-state index in [1.54, 1.807) is 13.0 Å². The molecule has 0 radical (unpaired) electrons. The van der Waals surface area contributed by atoms with Crippen LogP contribution in [-0.2, 0) is 0 Å². The van der Waals surface area contributed by atoms with E-state index in [-0.39, 0.29) is 23.0 Å². The highest BCUT2D eigenvalue weighted by atomic mass is 16.6. The minimum atomic E-state index is -1.20. The molecule has 1 aromatic rings. The second-order valence-electron chi connectivity index (χ2n) is 3.83. The molecule has 0 bridgehead atoms. The van der Waals surface area contributed by atoms with Crippen LogP contribution in [0.5, 0.6) is 0 Å². The summed E-state index contributed by atoms with van der Waals surface area (Å²) in [5.74, 6) is -1.20. The standard InChI is InChI=1S/C12H14N2O4/c1-3-5-8(2)13-11-9(12(15)16)6-4-7-10(11)14(17)18/h3-4,6-8,13H,1,5H2,2H3,(H,15,16). The summed E-state index contributed by atoms with van der Waals surface area (Å²) in [5.41, 5.74) is -0.324. The third-order valence-corrected chi connectivity index (χ3v) is 2.38. The van der Waals surface area contributed by atoms with Gasteiger partial charge in [-0.2, -0.15) is 0 Å². The molecule has 0 spiro atoms. The quantitative estimate of drug-likeness (QED) is 0.460. The molecular formula is C12H14N2O4. The van der Waals surface area contributed by atoms with Gasteiger partial charge in [0, 0.05) is 12.1 Å². The van der Waals surface area contributed by atoms with E-state index in [9.17, 15) is 14.9 Å². The highest BCUT2D eigenvalue weighted by Crippen LogP contribution is 2.29. The van der Waals surface area contributed by atoms with Gasteiger partial charge in [0.15, 0.2) is 0 Å². The smallest absolute Gasteiger partial charge is 0.338 e. The Balaban J connectivity index is 3.22. The van der Waals surface area contributed by atoms with Crippen molar-refractivity contribution in [2.24, 2.45) is 0 Å². The Labute approximate surface area is 104 Å². The van der Waals surface area contributed by atoms with E-state index in [0.29, 0.717) is 6.42 Å². The van der Waals surface area contributed by atoms with Crippen LogP contribution in [0.4, 0.5) is 11.4 Å². The summed E-state index contributed by atoms with van der Waals surface area (Å²) in [7, 11) is 0. The van der Waals surface area contributed by atoms with Crippen LogP contribution in [0.1, 0.15) is 23.7 Å². The highest BCUT2D eigenvalue weighted by molar-refractivity contribution is 5.96. The Morgan fingerprint density at radius 3 is 2.83 bits per heavy atom. The van der Waals surface area contributed by atoms with Crippen LogP contribution in [0.3, 0.4) is 0 Å². The van der Waals surface area contributed by atoms with Crippen molar-refractivity contribution in [3.8, 4) is 0 Å². The van der Waals surface area contributed by atoms with Crippen molar-refractivity contribution in [1.82, 2.24) is 0 Å². The zero-order valence-corrected chi connectivity index (χ0v) is 9.92. The van der Waals surface area contributed by atoms with Gasteiger partial charge < -0.3 is 10.4 Å². The van der Waals surface area contributed by atoms with E-state index < -0.39 is 10.9 Å². The van der Waals surface area contributed by atoms with E-state index in [4.69, 9.17) is 5.11 Å². The van der Waals surface area contributed by atoms with Crippen molar-refractivity contribution in [3.63, 3.8) is 0 Å². The highest BCUT2D eigenvalue weighted by Gasteiger charge is 2.22. The van der Waals surface area contributed by atoms with Gasteiger partial charge in [-0.1, -0.05) is 12.1 Å². The topological polar surface area (TPSA) is 92.5 Å². The van der Waals surface area contributed by atoms with E-state index >= 15 is 0 Å². The molecule has 1 atom stereocenters. The Kier molecular flexibility index (Phi) is 4.42. The van der Waals surface area contributed by atoms with Crippen molar-refractivity contribution in [2.45, 2.75) is 19.4 Å². The van der Waals surface area contributed by atoms with E-state index in [2.05, 4.69) is 11.9 Å². The number of nitro groups is 1. The summed E-state index contributed by atoms with van der Waals surface area (Å²) >= 11 is 0. The maximum atomic E-state index is 11.1. The lowest BCUT2D eigenvalue weighted by Crippen LogP contribution is -2.17. The Morgan fingerprint density at radius 1 is 1.67 bits per heavy atom. The number of carbonyl (C=O) groups is 1. The Bertz CT molecular complexity index is 453. The third-order valence-electron chi connectivity index (χ3n) is 2.38. The molecule has 6 nitrogen and oxygen atoms in total. The molecule has 0 saturated carbocycles. The summed E-state index contributed by atoms with van der Waals surface area (Å²) < 4.78 is 0. The van der Waals surface area contributed by atoms with Crippen LogP contribution in [0.2, 0.25) is 0 Å². The predicted octanol–water partition coefficient (Wildman–Crippen LogP) is 2.67. The first kappa shape index (κ1) is 13.7. The van der Waals surface area contributed by atoms with Gasteiger partial charge in [-0.25, -0.2) is 4.79 Å². The molecule has 0 aliphatic heterocycles. The van der Waals surface area contributed by atoms with E-state index in [0.717, 1.165) is 0 Å². The molecular weight excluding hydrogens is 236 g/mol. The van der Waals surface area contributed by atoms with E-state index in [1.165, 1.54) is 18.2 Å². The number of anilines is 1. The predicted molar refractivity (Wildman–Crippen MR) is 68.0 cm³/mol. The normalized spacial score (nSPS) is 11.6. The molecule has 96 valence electrons. The van der Waals surface area contributed by atoms with Crippen molar-refractivity contribution in [2.75, 3.05) is 5.32 Å². The van der Waals surface area contributed by atoms with Gasteiger partial charge in [0.2, 0.25) is 0 Å². The summed E-state index contributed by atoms with van der Waals surface area (Å²) in [6, 6.07) is 3.82. The fourth-order valence-electron chi connectivity index (χ4n) is 1.58. The van der Waals surface area contributed by atoms with Crippen LogP contribution >= 0.6 is 0 Å². The lowest BCUT2D eigenvalue weighted by molar-refractivity contribution is -0.384. The molecule has 2 N–H and O–H groups in total. The molecule has 0 heterocycles. The third kappa shape index (κ3) is 3.07. The molecule has 1 aromatic carbocycles. The van der Waals surface area contributed by atoms with Crippen molar-refractivity contribution in [1.29, 1.82) is 0 Å². The summed E-state index contributed by atoms with van der Waals surface area (Å²) in [6.45, 7) is 5.36. The van der Waals surface area contributed by atoms with Crippen LogP contribution < -0.4 is 5.32 Å². The first-order valence-corrected chi connectivity index (χ1v) is 5.35. The Hall–Kier alpha value is -2.37. The molecule has 0 fully saturated rings. The molecule has 1 unspecified atom stereocenters. The minimum Gasteiger partial charge on any atom is -0.478 e. The van der Waals surface area contributed by atoms with Gasteiger partial charge in [0.05, 0.1) is 10.5 Å². The molecule has 18 heavy (non-hydrogen) atoms. The van der Waals surface area contributed by atoms with Gasteiger partial charge in [0.1, 0.15) is 5.69 Å². The van der Waals surface area contributed by atoms with Crippen LogP contribution in [0, 0.1) is 10.1 Å². The number of hydrogen-bond acceptors (Lipinski definition) is 4. The van der Waals surface area contributed by atoms with Gasteiger partial charge in [-0.15, -0.1) is 6.58 Å². The maximum Gasteiger partial charge on any atom is 0.338 e. The lowest BCUT2D eigenvalue weighted by Gasteiger charge is -2.15. The van der Waals surface area contributed by atoms with Crippen molar-refractivity contribution < 1.29 is 14.8 Å². The summed E-state index contributed by atoms with van der Waals surface area (Å²) in [4.78, 5) is 21.3. The van der Waals surface area contributed by atoms with Crippen LogP contribution in [0.25, 0.3) is 0 Å². The average molecular weight is 250 g/mol. The lowest BCUT2D eigenvalue weighted by atomic mass is 10.1. The zero-order chi connectivity index (χ0) is 13.7. The summed E-state index contributed by atoms with van der Waals surface area (Å²) in [6.07, 6.45) is 2.23. The fraction of sp³-hybridized carbons (Fsp3) is 0.250. The molecule has 0 aliphatic rings. The van der Waals surface area contributed by atoms with Gasteiger partial charge >= 0.3 is 5.97 Å². The van der Waals surface area contributed by atoms with Crippen LogP contribution in [0.15, 0.2) is 30.9 Å². The maximum absolute atomic E-state index is 11.1. The largest absolute Gasteiger partial charge is 0.478 e. The SMILES string of the molecule is C=CCC(C)Nc1c(C(=O)O)cccc1[N+](=O)[O-]. The number of nitrogens with zero attached hydrogens (tertiary/aromatic N) is 1. The Morgan fingerprint density at radius 2 is 2.33 bits per heavy atom. The number of hydrogen-bond donors (Lipinski definition) is 2. The molecule has 0 amide bonds. The number of nitrogens with one attached hydrogen (secondary N) is 1. The van der Waals surface area contributed by atoms with Gasteiger partial charge in [-0.05, 0) is 19.4 Å². The second-order valence-corrected chi connectivity index (χ2v) is 3.83. The van der Waals surface area contributed by atoms with Crippen molar-refractivity contribution in [3.05, 3.63) is 46.5 Å². The number of benzene rings is 1. The number of carboxylic acid groups (broad SMARTS) is 1. The molecule has 6 heteroatoms. The van der Waals surface area contributed by atoms with Gasteiger partial charge in [0.25, 0.3) is 5.69 Å². The number of aromatic carboxylic acids is 1. The van der Waals surface area contributed by atoms with Crippen LogP contribution in [-0.4, -0.2) is 22.0 Å². The molecule has 0 aromatic heterocycles. The first-order chi connectivity index (χ1) is 8.47. The number of nitro benzene ring substituents is 1.